The smallest absolute Gasteiger partial charge is 0.191 e. The van der Waals surface area contributed by atoms with Gasteiger partial charge in [-0.05, 0) is 57.0 Å². The highest BCUT2D eigenvalue weighted by molar-refractivity contribution is 5.79. The van der Waals surface area contributed by atoms with Crippen LogP contribution in [0.25, 0.3) is 0 Å². The fraction of sp³-hybridized carbons (Fsp3) is 0.944. The van der Waals surface area contributed by atoms with Gasteiger partial charge in [-0.3, -0.25) is 9.89 Å². The molecule has 0 spiro atoms. The van der Waals surface area contributed by atoms with Crippen LogP contribution >= 0.6 is 0 Å². The Labute approximate surface area is 142 Å². The molecular weight excluding hydrogens is 288 g/mol. The Bertz CT molecular complexity index is 349. The summed E-state index contributed by atoms with van der Waals surface area (Å²) in [6, 6.07) is 0.595. The fourth-order valence-electron chi connectivity index (χ4n) is 3.20. The Morgan fingerprint density at radius 3 is 2.57 bits per heavy atom. The van der Waals surface area contributed by atoms with Crippen LogP contribution in [0.5, 0.6) is 0 Å². The molecule has 1 atom stereocenters. The van der Waals surface area contributed by atoms with Gasteiger partial charge < -0.3 is 15.4 Å². The molecule has 5 nitrogen and oxygen atoms in total. The number of nitrogens with one attached hydrogen (secondary N) is 2. The molecule has 23 heavy (non-hydrogen) atoms. The normalized spacial score (nSPS) is 21.0. The van der Waals surface area contributed by atoms with Gasteiger partial charge in [0.15, 0.2) is 5.96 Å². The Kier molecular flexibility index (Phi) is 8.17. The summed E-state index contributed by atoms with van der Waals surface area (Å²) in [6.45, 7) is 10.8. The summed E-state index contributed by atoms with van der Waals surface area (Å²) in [6.07, 6.45) is 6.45. The van der Waals surface area contributed by atoms with E-state index in [9.17, 15) is 0 Å². The zero-order valence-electron chi connectivity index (χ0n) is 15.3. The molecule has 5 heteroatoms. The molecular formula is C18H36N4O. The number of likely N-dealkylation sites (tertiary alicyclic amines) is 1. The third-order valence-corrected chi connectivity index (χ3v) is 4.89. The Hall–Kier alpha value is -0.810. The standard InChI is InChI=1S/C18H36N4O/c1-15(2)17(22-10-4-5-11-22)13-21-18(19-3)20-9-6-12-23-14-16-7-8-16/h15-17H,4-14H2,1-3H3,(H2,19,20,21). The minimum Gasteiger partial charge on any atom is -0.381 e. The zero-order chi connectivity index (χ0) is 16.5. The molecule has 0 radical (unpaired) electrons. The summed E-state index contributed by atoms with van der Waals surface area (Å²) in [4.78, 5) is 6.96. The number of nitrogens with zero attached hydrogens (tertiary/aromatic N) is 2. The van der Waals surface area contributed by atoms with Crippen LogP contribution < -0.4 is 10.6 Å². The Balaban J connectivity index is 1.58. The van der Waals surface area contributed by atoms with Gasteiger partial charge in [-0.25, -0.2) is 0 Å². The fourth-order valence-corrected chi connectivity index (χ4v) is 3.20. The van der Waals surface area contributed by atoms with Crippen LogP contribution in [0.3, 0.4) is 0 Å². The predicted octanol–water partition coefficient (Wildman–Crippen LogP) is 2.09. The summed E-state index contributed by atoms with van der Waals surface area (Å²) in [5, 5.41) is 6.90. The van der Waals surface area contributed by atoms with Crippen molar-refractivity contribution in [2.45, 2.75) is 52.0 Å². The second kappa shape index (κ2) is 10.1. The maximum atomic E-state index is 5.66. The number of rotatable bonds is 10. The van der Waals surface area contributed by atoms with Gasteiger partial charge in [0.1, 0.15) is 0 Å². The van der Waals surface area contributed by atoms with E-state index in [1.165, 1.54) is 38.8 Å². The van der Waals surface area contributed by atoms with E-state index in [2.05, 4.69) is 34.4 Å². The van der Waals surface area contributed by atoms with Crippen molar-refractivity contribution in [2.24, 2.45) is 16.8 Å². The van der Waals surface area contributed by atoms with Crippen molar-refractivity contribution in [3.05, 3.63) is 0 Å². The molecule has 1 aliphatic heterocycles. The highest BCUT2D eigenvalue weighted by Gasteiger charge is 2.24. The van der Waals surface area contributed by atoms with Gasteiger partial charge in [-0.2, -0.15) is 0 Å². The summed E-state index contributed by atoms with van der Waals surface area (Å²) in [5.41, 5.74) is 0. The van der Waals surface area contributed by atoms with Crippen LogP contribution in [-0.2, 0) is 4.74 Å². The first-order chi connectivity index (χ1) is 11.2. The van der Waals surface area contributed by atoms with Crippen LogP contribution in [0.4, 0.5) is 0 Å². The van der Waals surface area contributed by atoms with Crippen molar-refractivity contribution in [3.63, 3.8) is 0 Å². The van der Waals surface area contributed by atoms with E-state index in [1.807, 2.05) is 7.05 Å². The van der Waals surface area contributed by atoms with Gasteiger partial charge in [-0.1, -0.05) is 13.8 Å². The number of aliphatic imine (C=N–C) groups is 1. The molecule has 1 heterocycles. The summed E-state index contributed by atoms with van der Waals surface area (Å²) in [5.74, 6) is 2.43. The molecule has 0 aromatic rings. The van der Waals surface area contributed by atoms with Crippen LogP contribution in [0.1, 0.15) is 46.0 Å². The molecule has 2 aliphatic rings. The van der Waals surface area contributed by atoms with Crippen LogP contribution in [0.15, 0.2) is 4.99 Å². The van der Waals surface area contributed by atoms with Gasteiger partial charge in [0.2, 0.25) is 0 Å². The molecule has 2 rings (SSSR count). The van der Waals surface area contributed by atoms with E-state index in [1.54, 1.807) is 0 Å². The van der Waals surface area contributed by atoms with Gasteiger partial charge in [0, 0.05) is 39.4 Å². The molecule has 2 N–H and O–H groups in total. The lowest BCUT2D eigenvalue weighted by molar-refractivity contribution is 0.123. The first kappa shape index (κ1) is 18.5. The molecule has 0 aromatic heterocycles. The largest absolute Gasteiger partial charge is 0.381 e. The molecule has 2 fully saturated rings. The van der Waals surface area contributed by atoms with E-state index in [4.69, 9.17) is 4.74 Å². The number of hydrogen-bond donors (Lipinski definition) is 2. The van der Waals surface area contributed by atoms with Crippen LogP contribution in [-0.4, -0.2) is 63.3 Å². The van der Waals surface area contributed by atoms with E-state index in [-0.39, 0.29) is 0 Å². The van der Waals surface area contributed by atoms with Gasteiger partial charge in [-0.15, -0.1) is 0 Å². The van der Waals surface area contributed by atoms with Crippen molar-refractivity contribution in [2.75, 3.05) is 46.4 Å². The van der Waals surface area contributed by atoms with Gasteiger partial charge in [0.05, 0.1) is 0 Å². The van der Waals surface area contributed by atoms with E-state index in [0.717, 1.165) is 44.6 Å². The van der Waals surface area contributed by atoms with Crippen molar-refractivity contribution >= 4 is 5.96 Å². The molecule has 0 amide bonds. The second-order valence-electron chi connectivity index (χ2n) is 7.31. The number of guanidine groups is 1. The minimum atomic E-state index is 0.595. The van der Waals surface area contributed by atoms with Crippen molar-refractivity contribution < 1.29 is 4.74 Å². The quantitative estimate of drug-likeness (QED) is 0.367. The van der Waals surface area contributed by atoms with Gasteiger partial charge in [0.25, 0.3) is 0 Å². The molecule has 1 saturated carbocycles. The molecule has 0 bridgehead atoms. The van der Waals surface area contributed by atoms with Crippen molar-refractivity contribution in [3.8, 4) is 0 Å². The van der Waals surface area contributed by atoms with Crippen LogP contribution in [0.2, 0.25) is 0 Å². The SMILES string of the molecule is CN=C(NCCCOCC1CC1)NCC(C(C)C)N1CCCC1. The molecule has 0 aromatic carbocycles. The summed E-state index contributed by atoms with van der Waals surface area (Å²) < 4.78 is 5.66. The first-order valence-electron chi connectivity index (χ1n) is 9.47. The third kappa shape index (κ3) is 7.08. The maximum absolute atomic E-state index is 5.66. The van der Waals surface area contributed by atoms with E-state index in [0.29, 0.717) is 12.0 Å². The molecule has 1 aliphatic carbocycles. The lowest BCUT2D eigenvalue weighted by atomic mass is 10.0. The third-order valence-electron chi connectivity index (χ3n) is 4.89. The van der Waals surface area contributed by atoms with Gasteiger partial charge >= 0.3 is 0 Å². The second-order valence-corrected chi connectivity index (χ2v) is 7.31. The zero-order valence-corrected chi connectivity index (χ0v) is 15.3. The predicted molar refractivity (Wildman–Crippen MR) is 97.0 cm³/mol. The molecule has 134 valence electrons. The highest BCUT2D eigenvalue weighted by atomic mass is 16.5. The average Bonchev–Trinajstić information content (AvgIpc) is 3.21. The topological polar surface area (TPSA) is 48.9 Å². The summed E-state index contributed by atoms with van der Waals surface area (Å²) >= 11 is 0. The van der Waals surface area contributed by atoms with E-state index >= 15 is 0 Å². The average molecular weight is 325 g/mol. The molecule has 1 unspecified atom stereocenters. The molecule has 1 saturated heterocycles. The monoisotopic (exact) mass is 324 g/mol. The lowest BCUT2D eigenvalue weighted by Crippen LogP contribution is -2.48. The highest BCUT2D eigenvalue weighted by Crippen LogP contribution is 2.28. The van der Waals surface area contributed by atoms with Crippen molar-refractivity contribution in [1.29, 1.82) is 0 Å². The Morgan fingerprint density at radius 2 is 1.96 bits per heavy atom. The maximum Gasteiger partial charge on any atom is 0.191 e. The number of hydrogen-bond acceptors (Lipinski definition) is 3. The minimum absolute atomic E-state index is 0.595. The lowest BCUT2D eigenvalue weighted by Gasteiger charge is -2.31. The number of ether oxygens (including phenoxy) is 1. The summed E-state index contributed by atoms with van der Waals surface area (Å²) in [7, 11) is 1.85. The van der Waals surface area contributed by atoms with E-state index < -0.39 is 0 Å². The van der Waals surface area contributed by atoms with Crippen molar-refractivity contribution in [1.82, 2.24) is 15.5 Å². The first-order valence-corrected chi connectivity index (χ1v) is 9.47. The Morgan fingerprint density at radius 1 is 1.22 bits per heavy atom. The van der Waals surface area contributed by atoms with Crippen LogP contribution in [0, 0.1) is 11.8 Å².